The Balaban J connectivity index is 3.04. The standard InChI is InChI=1S/C14H21NO3/c1-14(2,10-16)15(3)13(17)12-8-6-5-7-11(12)9-18-4/h5-8,16H,9-10H2,1-4H3. The van der Waals surface area contributed by atoms with Crippen molar-refractivity contribution < 1.29 is 14.6 Å². The molecule has 1 aromatic carbocycles. The first-order chi connectivity index (χ1) is 8.44. The average molecular weight is 251 g/mol. The summed E-state index contributed by atoms with van der Waals surface area (Å²) in [6.07, 6.45) is 0. The van der Waals surface area contributed by atoms with Crippen molar-refractivity contribution >= 4 is 5.91 Å². The summed E-state index contributed by atoms with van der Waals surface area (Å²) in [6, 6.07) is 7.35. The zero-order chi connectivity index (χ0) is 13.8. The lowest BCUT2D eigenvalue weighted by molar-refractivity contribution is 0.0469. The first-order valence-corrected chi connectivity index (χ1v) is 5.90. The molecule has 0 bridgehead atoms. The van der Waals surface area contributed by atoms with Crippen LogP contribution in [0.5, 0.6) is 0 Å². The van der Waals surface area contributed by atoms with Gasteiger partial charge in [-0.15, -0.1) is 0 Å². The Morgan fingerprint density at radius 1 is 1.39 bits per heavy atom. The zero-order valence-electron chi connectivity index (χ0n) is 11.4. The van der Waals surface area contributed by atoms with Gasteiger partial charge in [0.25, 0.3) is 5.91 Å². The Labute approximate surface area is 108 Å². The number of nitrogens with zero attached hydrogens (tertiary/aromatic N) is 1. The van der Waals surface area contributed by atoms with Crippen molar-refractivity contribution in [3.63, 3.8) is 0 Å². The number of amides is 1. The molecule has 100 valence electrons. The van der Waals surface area contributed by atoms with Crippen LogP contribution in [-0.2, 0) is 11.3 Å². The molecule has 0 aromatic heterocycles. The van der Waals surface area contributed by atoms with Crippen molar-refractivity contribution in [2.45, 2.75) is 26.0 Å². The molecule has 18 heavy (non-hydrogen) atoms. The predicted octanol–water partition coefficient (Wildman–Crippen LogP) is 1.68. The van der Waals surface area contributed by atoms with Gasteiger partial charge in [-0.25, -0.2) is 0 Å². The van der Waals surface area contributed by atoms with Crippen molar-refractivity contribution in [1.82, 2.24) is 4.90 Å². The van der Waals surface area contributed by atoms with Crippen molar-refractivity contribution in [2.24, 2.45) is 0 Å². The van der Waals surface area contributed by atoms with Crippen molar-refractivity contribution in [2.75, 3.05) is 20.8 Å². The second-order valence-corrected chi connectivity index (χ2v) is 4.92. The number of hydrogen-bond donors (Lipinski definition) is 1. The quantitative estimate of drug-likeness (QED) is 0.866. The number of hydrogen-bond acceptors (Lipinski definition) is 3. The number of benzene rings is 1. The van der Waals surface area contributed by atoms with E-state index in [0.717, 1.165) is 5.56 Å². The molecule has 1 amide bonds. The summed E-state index contributed by atoms with van der Waals surface area (Å²) >= 11 is 0. The first kappa shape index (κ1) is 14.7. The van der Waals surface area contributed by atoms with Crippen LogP contribution in [0, 0.1) is 0 Å². The second-order valence-electron chi connectivity index (χ2n) is 4.92. The Kier molecular flexibility index (Phi) is 4.87. The van der Waals surface area contributed by atoms with Gasteiger partial charge in [0.05, 0.1) is 18.8 Å². The van der Waals surface area contributed by atoms with Crippen molar-refractivity contribution in [3.05, 3.63) is 35.4 Å². The highest BCUT2D eigenvalue weighted by Crippen LogP contribution is 2.18. The monoisotopic (exact) mass is 251 g/mol. The number of aliphatic hydroxyl groups is 1. The summed E-state index contributed by atoms with van der Waals surface area (Å²) in [5.74, 6) is -0.110. The van der Waals surface area contributed by atoms with E-state index < -0.39 is 5.54 Å². The van der Waals surface area contributed by atoms with Crippen LogP contribution < -0.4 is 0 Å². The SMILES string of the molecule is COCc1ccccc1C(=O)N(C)C(C)(C)CO. The molecule has 0 aliphatic rings. The number of methoxy groups -OCH3 is 1. The highest BCUT2D eigenvalue weighted by atomic mass is 16.5. The predicted molar refractivity (Wildman–Crippen MR) is 70.4 cm³/mol. The van der Waals surface area contributed by atoms with Gasteiger partial charge in [0, 0.05) is 19.7 Å². The highest BCUT2D eigenvalue weighted by molar-refractivity contribution is 5.96. The fraction of sp³-hybridized carbons (Fsp3) is 0.500. The van der Waals surface area contributed by atoms with Crippen LogP contribution in [0.2, 0.25) is 0 Å². The van der Waals surface area contributed by atoms with Gasteiger partial charge < -0.3 is 14.7 Å². The largest absolute Gasteiger partial charge is 0.394 e. The molecule has 4 heteroatoms. The van der Waals surface area contributed by atoms with E-state index in [1.807, 2.05) is 32.0 Å². The summed E-state index contributed by atoms with van der Waals surface area (Å²) in [6.45, 7) is 3.96. The fourth-order valence-electron chi connectivity index (χ4n) is 1.57. The minimum atomic E-state index is -0.586. The Morgan fingerprint density at radius 2 is 2.00 bits per heavy atom. The van der Waals surface area contributed by atoms with Crippen LogP contribution in [0.25, 0.3) is 0 Å². The number of rotatable bonds is 5. The van der Waals surface area contributed by atoms with E-state index in [-0.39, 0.29) is 12.5 Å². The van der Waals surface area contributed by atoms with Crippen LogP contribution in [0.3, 0.4) is 0 Å². The molecule has 0 heterocycles. The molecule has 1 rings (SSSR count). The molecule has 0 spiro atoms. The maximum Gasteiger partial charge on any atom is 0.254 e. The minimum Gasteiger partial charge on any atom is -0.394 e. The van der Waals surface area contributed by atoms with E-state index in [0.29, 0.717) is 12.2 Å². The van der Waals surface area contributed by atoms with E-state index >= 15 is 0 Å². The third kappa shape index (κ3) is 3.09. The second kappa shape index (κ2) is 5.98. The third-order valence-corrected chi connectivity index (χ3v) is 3.15. The normalized spacial score (nSPS) is 11.4. The van der Waals surface area contributed by atoms with Gasteiger partial charge in [0.15, 0.2) is 0 Å². The van der Waals surface area contributed by atoms with Gasteiger partial charge in [-0.05, 0) is 25.5 Å². The molecule has 0 atom stereocenters. The van der Waals surface area contributed by atoms with E-state index in [2.05, 4.69) is 0 Å². The van der Waals surface area contributed by atoms with Crippen LogP contribution in [-0.4, -0.2) is 42.2 Å². The lowest BCUT2D eigenvalue weighted by Crippen LogP contribution is -2.47. The van der Waals surface area contributed by atoms with Crippen LogP contribution in [0.4, 0.5) is 0 Å². The average Bonchev–Trinajstić information content (AvgIpc) is 2.38. The summed E-state index contributed by atoms with van der Waals surface area (Å²) in [5, 5.41) is 9.31. The topological polar surface area (TPSA) is 49.8 Å². The molecule has 1 aromatic rings. The molecule has 0 radical (unpaired) electrons. The van der Waals surface area contributed by atoms with Gasteiger partial charge >= 0.3 is 0 Å². The van der Waals surface area contributed by atoms with Crippen LogP contribution in [0.1, 0.15) is 29.8 Å². The molecular formula is C14H21NO3. The summed E-state index contributed by atoms with van der Waals surface area (Å²) in [7, 11) is 3.30. The van der Waals surface area contributed by atoms with Gasteiger partial charge in [-0.3, -0.25) is 4.79 Å². The Morgan fingerprint density at radius 3 is 2.56 bits per heavy atom. The lowest BCUT2D eigenvalue weighted by Gasteiger charge is -2.34. The van der Waals surface area contributed by atoms with Crippen LogP contribution in [0.15, 0.2) is 24.3 Å². The molecule has 4 nitrogen and oxygen atoms in total. The Bertz CT molecular complexity index is 415. The summed E-state index contributed by atoms with van der Waals surface area (Å²) in [4.78, 5) is 14.0. The molecule has 0 saturated heterocycles. The van der Waals surface area contributed by atoms with E-state index in [4.69, 9.17) is 4.74 Å². The van der Waals surface area contributed by atoms with Gasteiger partial charge in [-0.1, -0.05) is 18.2 Å². The van der Waals surface area contributed by atoms with Gasteiger partial charge in [-0.2, -0.15) is 0 Å². The number of carbonyl (C=O) groups is 1. The molecule has 0 saturated carbocycles. The maximum atomic E-state index is 12.4. The lowest BCUT2D eigenvalue weighted by atomic mass is 10.0. The number of aliphatic hydroxyl groups excluding tert-OH is 1. The van der Waals surface area contributed by atoms with E-state index in [1.54, 1.807) is 25.1 Å². The van der Waals surface area contributed by atoms with E-state index in [1.165, 1.54) is 0 Å². The number of likely N-dealkylation sites (N-methyl/N-ethyl adjacent to an activating group) is 1. The molecule has 0 unspecified atom stereocenters. The molecule has 1 N–H and O–H groups in total. The molecule has 0 aliphatic heterocycles. The molecule has 0 fully saturated rings. The zero-order valence-corrected chi connectivity index (χ0v) is 11.4. The maximum absolute atomic E-state index is 12.4. The van der Waals surface area contributed by atoms with Crippen molar-refractivity contribution in [1.29, 1.82) is 0 Å². The third-order valence-electron chi connectivity index (χ3n) is 3.15. The molecular weight excluding hydrogens is 230 g/mol. The molecule has 0 aliphatic carbocycles. The smallest absolute Gasteiger partial charge is 0.254 e. The summed E-state index contributed by atoms with van der Waals surface area (Å²) < 4.78 is 5.09. The highest BCUT2D eigenvalue weighted by Gasteiger charge is 2.28. The first-order valence-electron chi connectivity index (χ1n) is 5.90. The summed E-state index contributed by atoms with van der Waals surface area (Å²) in [5.41, 5.74) is 0.881. The van der Waals surface area contributed by atoms with Gasteiger partial charge in [0.1, 0.15) is 0 Å². The number of carbonyl (C=O) groups excluding carboxylic acids is 1. The minimum absolute atomic E-state index is 0.0817. The van der Waals surface area contributed by atoms with Gasteiger partial charge in [0.2, 0.25) is 0 Å². The Hall–Kier alpha value is -1.39. The van der Waals surface area contributed by atoms with Crippen molar-refractivity contribution in [3.8, 4) is 0 Å². The fourth-order valence-corrected chi connectivity index (χ4v) is 1.57. The van der Waals surface area contributed by atoms with E-state index in [9.17, 15) is 9.90 Å². The number of ether oxygens (including phenoxy) is 1. The van der Waals surface area contributed by atoms with Crippen LogP contribution >= 0.6 is 0 Å².